The molecule has 1 unspecified atom stereocenters. The molecule has 26 heavy (non-hydrogen) atoms. The monoisotopic (exact) mass is 357 g/mol. The Morgan fingerprint density at radius 2 is 1.77 bits per heavy atom. The number of aryl methyl sites for hydroxylation is 1. The Kier molecular flexibility index (Phi) is 5.97. The van der Waals surface area contributed by atoms with Crippen LogP contribution in [0, 0.1) is 12.8 Å². The summed E-state index contributed by atoms with van der Waals surface area (Å²) >= 11 is 0. The summed E-state index contributed by atoms with van der Waals surface area (Å²) in [5.74, 6) is 0.253. The van der Waals surface area contributed by atoms with E-state index in [2.05, 4.69) is 24.1 Å². The minimum absolute atomic E-state index is 0.0658. The summed E-state index contributed by atoms with van der Waals surface area (Å²) in [4.78, 5) is 30.2. The topological polar surface area (TPSA) is 52.7 Å². The first-order valence-electron chi connectivity index (χ1n) is 9.85. The second-order valence-corrected chi connectivity index (χ2v) is 8.06. The first-order chi connectivity index (χ1) is 12.5. The number of nitrogens with one attached hydrogen (secondary N) is 1. The van der Waals surface area contributed by atoms with Crippen LogP contribution in [0.5, 0.6) is 0 Å². The highest BCUT2D eigenvalue weighted by Crippen LogP contribution is 2.27. The normalized spacial score (nSPS) is 19.5. The van der Waals surface area contributed by atoms with Crippen molar-refractivity contribution < 1.29 is 9.59 Å². The maximum absolute atomic E-state index is 13.1. The highest BCUT2D eigenvalue weighted by Gasteiger charge is 2.34. The second kappa shape index (κ2) is 8.21. The Morgan fingerprint density at radius 3 is 2.35 bits per heavy atom. The van der Waals surface area contributed by atoms with E-state index in [1.165, 1.54) is 12.8 Å². The van der Waals surface area contributed by atoms with E-state index in [-0.39, 0.29) is 11.8 Å². The number of rotatable bonds is 6. The zero-order valence-corrected chi connectivity index (χ0v) is 16.2. The summed E-state index contributed by atoms with van der Waals surface area (Å²) in [6.07, 6.45) is 3.27. The van der Waals surface area contributed by atoms with E-state index in [0.717, 1.165) is 37.8 Å². The molecule has 3 rings (SSSR count). The number of piperazine rings is 1. The Morgan fingerprint density at radius 1 is 1.12 bits per heavy atom. The van der Waals surface area contributed by atoms with Crippen LogP contribution >= 0.6 is 0 Å². The second-order valence-electron chi connectivity index (χ2n) is 8.06. The average molecular weight is 357 g/mol. The third kappa shape index (κ3) is 4.64. The number of hydrogen-bond donors (Lipinski definition) is 1. The lowest BCUT2D eigenvalue weighted by molar-refractivity contribution is -0.135. The first kappa shape index (κ1) is 18.9. The number of nitrogens with zero attached hydrogens (tertiary/aromatic N) is 2. The molecule has 1 atom stereocenters. The van der Waals surface area contributed by atoms with E-state index in [1.54, 1.807) is 0 Å². The predicted octanol–water partition coefficient (Wildman–Crippen LogP) is 2.45. The van der Waals surface area contributed by atoms with Crippen molar-refractivity contribution in [1.29, 1.82) is 0 Å². The quantitative estimate of drug-likeness (QED) is 0.851. The molecule has 1 N–H and O–H groups in total. The molecule has 1 aromatic rings. The van der Waals surface area contributed by atoms with Crippen molar-refractivity contribution >= 4 is 11.8 Å². The Bertz CT molecular complexity index is 646. The van der Waals surface area contributed by atoms with Crippen LogP contribution in [0.2, 0.25) is 0 Å². The Hall–Kier alpha value is -1.88. The van der Waals surface area contributed by atoms with E-state index in [4.69, 9.17) is 0 Å². The van der Waals surface area contributed by atoms with Gasteiger partial charge in [-0.05, 0) is 43.7 Å². The molecule has 0 radical (unpaired) electrons. The van der Waals surface area contributed by atoms with Crippen LogP contribution in [0.25, 0.3) is 0 Å². The van der Waals surface area contributed by atoms with Gasteiger partial charge in [-0.25, -0.2) is 0 Å². The van der Waals surface area contributed by atoms with E-state index >= 15 is 0 Å². The number of benzene rings is 1. The minimum Gasteiger partial charge on any atom is -0.340 e. The smallest absolute Gasteiger partial charge is 0.252 e. The van der Waals surface area contributed by atoms with Crippen molar-refractivity contribution in [3.63, 3.8) is 0 Å². The molecule has 2 amide bonds. The van der Waals surface area contributed by atoms with Gasteiger partial charge in [0.1, 0.15) is 6.04 Å². The van der Waals surface area contributed by atoms with Crippen LogP contribution in [0.1, 0.15) is 49.0 Å². The van der Waals surface area contributed by atoms with Gasteiger partial charge in [0.25, 0.3) is 5.91 Å². The van der Waals surface area contributed by atoms with Gasteiger partial charge in [-0.15, -0.1) is 0 Å². The highest BCUT2D eigenvalue weighted by molar-refractivity contribution is 5.98. The molecule has 1 heterocycles. The first-order valence-corrected chi connectivity index (χ1v) is 9.85. The van der Waals surface area contributed by atoms with Crippen LogP contribution in [-0.2, 0) is 4.79 Å². The fourth-order valence-corrected chi connectivity index (χ4v) is 3.72. The molecular weight excluding hydrogens is 326 g/mol. The van der Waals surface area contributed by atoms with Gasteiger partial charge in [0.2, 0.25) is 5.91 Å². The summed E-state index contributed by atoms with van der Waals surface area (Å²) in [5.41, 5.74) is 1.58. The lowest BCUT2D eigenvalue weighted by atomic mass is 10.0. The number of carbonyl (C=O) groups excluding carboxylic acids is 2. The summed E-state index contributed by atoms with van der Waals surface area (Å²) < 4.78 is 0. The number of carbonyl (C=O) groups is 2. The summed E-state index contributed by atoms with van der Waals surface area (Å²) in [6, 6.07) is 7.82. The largest absolute Gasteiger partial charge is 0.340 e. The zero-order valence-electron chi connectivity index (χ0n) is 16.2. The lowest BCUT2D eigenvalue weighted by Gasteiger charge is -2.37. The predicted molar refractivity (Wildman–Crippen MR) is 103 cm³/mol. The van der Waals surface area contributed by atoms with Gasteiger partial charge in [0.15, 0.2) is 0 Å². The molecule has 142 valence electrons. The van der Waals surface area contributed by atoms with E-state index < -0.39 is 6.04 Å². The zero-order chi connectivity index (χ0) is 18.7. The molecule has 5 nitrogen and oxygen atoms in total. The molecule has 1 aliphatic heterocycles. The van der Waals surface area contributed by atoms with Crippen LogP contribution < -0.4 is 5.32 Å². The third-order valence-electron chi connectivity index (χ3n) is 5.39. The summed E-state index contributed by atoms with van der Waals surface area (Å²) in [5, 5.41) is 3.01. The van der Waals surface area contributed by atoms with Crippen molar-refractivity contribution in [2.24, 2.45) is 5.92 Å². The highest BCUT2D eigenvalue weighted by atomic mass is 16.2. The van der Waals surface area contributed by atoms with Gasteiger partial charge in [-0.2, -0.15) is 0 Å². The summed E-state index contributed by atoms with van der Waals surface area (Å²) in [6.45, 7) is 9.54. The van der Waals surface area contributed by atoms with Crippen molar-refractivity contribution in [1.82, 2.24) is 15.1 Å². The molecule has 1 aromatic carbocycles. The third-order valence-corrected chi connectivity index (χ3v) is 5.39. The van der Waals surface area contributed by atoms with Gasteiger partial charge >= 0.3 is 0 Å². The van der Waals surface area contributed by atoms with Gasteiger partial charge in [0.05, 0.1) is 0 Å². The lowest BCUT2D eigenvalue weighted by Crippen LogP contribution is -2.55. The molecule has 5 heteroatoms. The maximum atomic E-state index is 13.1. The van der Waals surface area contributed by atoms with E-state index in [1.807, 2.05) is 36.1 Å². The van der Waals surface area contributed by atoms with Crippen molar-refractivity contribution in [2.75, 3.05) is 26.2 Å². The molecule has 1 saturated heterocycles. The molecular formula is C21H31N3O2. The minimum atomic E-state index is -0.449. The molecule has 1 saturated carbocycles. The van der Waals surface area contributed by atoms with E-state index in [9.17, 15) is 9.59 Å². The molecule has 2 aliphatic rings. The van der Waals surface area contributed by atoms with Gasteiger partial charge < -0.3 is 10.2 Å². The fourth-order valence-electron chi connectivity index (χ4n) is 3.72. The summed E-state index contributed by atoms with van der Waals surface area (Å²) in [7, 11) is 0. The fraction of sp³-hybridized carbons (Fsp3) is 0.619. The molecule has 0 spiro atoms. The molecule has 0 aromatic heterocycles. The van der Waals surface area contributed by atoms with Crippen LogP contribution in [0.3, 0.4) is 0 Å². The molecule has 1 aliphatic carbocycles. The maximum Gasteiger partial charge on any atom is 0.252 e. The Labute approximate surface area is 156 Å². The SMILES string of the molecule is Cc1ccccc1C(=O)NC(CC(C)C)C(=O)N1CCN(C2CC2)CC1. The van der Waals surface area contributed by atoms with Crippen molar-refractivity contribution in [3.05, 3.63) is 35.4 Å². The van der Waals surface area contributed by atoms with E-state index in [0.29, 0.717) is 17.9 Å². The molecule has 0 bridgehead atoms. The van der Waals surface area contributed by atoms with Crippen LogP contribution in [0.15, 0.2) is 24.3 Å². The number of amides is 2. The standard InChI is InChI=1S/C21H31N3O2/c1-15(2)14-19(22-20(25)18-7-5-4-6-16(18)3)21(26)24-12-10-23(11-13-24)17-8-9-17/h4-7,15,17,19H,8-14H2,1-3H3,(H,22,25). The van der Waals surface area contributed by atoms with Gasteiger partial charge in [0, 0.05) is 37.8 Å². The number of hydrogen-bond acceptors (Lipinski definition) is 3. The van der Waals surface area contributed by atoms with Crippen molar-refractivity contribution in [3.8, 4) is 0 Å². The van der Waals surface area contributed by atoms with Gasteiger partial charge in [-0.1, -0.05) is 32.0 Å². The van der Waals surface area contributed by atoms with Crippen molar-refractivity contribution in [2.45, 2.75) is 52.1 Å². The van der Waals surface area contributed by atoms with Gasteiger partial charge in [-0.3, -0.25) is 14.5 Å². The average Bonchev–Trinajstić information content (AvgIpc) is 3.46. The Balaban J connectivity index is 1.64. The van der Waals surface area contributed by atoms with Crippen LogP contribution in [-0.4, -0.2) is 59.9 Å². The van der Waals surface area contributed by atoms with Crippen LogP contribution in [0.4, 0.5) is 0 Å². The molecule has 2 fully saturated rings.